The van der Waals surface area contributed by atoms with Gasteiger partial charge in [0.2, 0.25) is 0 Å². The second-order valence-corrected chi connectivity index (χ2v) is 7.38. The Balaban J connectivity index is 1.43. The summed E-state index contributed by atoms with van der Waals surface area (Å²) in [5, 5.41) is 14.3. The summed E-state index contributed by atoms with van der Waals surface area (Å²) in [6.45, 7) is 1.93. The third kappa shape index (κ3) is 4.63. The second kappa shape index (κ2) is 9.00. The number of halogens is 1. The van der Waals surface area contributed by atoms with Gasteiger partial charge in [0.05, 0.1) is 0 Å². The van der Waals surface area contributed by atoms with Crippen LogP contribution in [0.3, 0.4) is 0 Å². The van der Waals surface area contributed by atoms with Crippen LogP contribution in [0.4, 0.5) is 15.9 Å². The van der Waals surface area contributed by atoms with Gasteiger partial charge in [-0.05, 0) is 54.8 Å². The molecule has 4 rings (SSSR count). The van der Waals surface area contributed by atoms with Gasteiger partial charge in [0.25, 0.3) is 5.91 Å². The normalized spacial score (nSPS) is 15.4. The van der Waals surface area contributed by atoms with E-state index in [0.29, 0.717) is 31.3 Å². The second-order valence-electron chi connectivity index (χ2n) is 7.38. The van der Waals surface area contributed by atoms with Crippen LogP contribution in [0.5, 0.6) is 0 Å². The highest BCUT2D eigenvalue weighted by Crippen LogP contribution is 2.35. The highest BCUT2D eigenvalue weighted by atomic mass is 19.1. The topological polar surface area (TPSA) is 76.1 Å². The van der Waals surface area contributed by atoms with Crippen LogP contribution >= 0.6 is 0 Å². The van der Waals surface area contributed by atoms with E-state index in [0.717, 1.165) is 18.4 Å². The van der Waals surface area contributed by atoms with E-state index in [9.17, 15) is 9.18 Å². The molecule has 0 bridgehead atoms. The summed E-state index contributed by atoms with van der Waals surface area (Å²) in [6.07, 6.45) is 1.66. The average molecular weight is 406 g/mol. The van der Waals surface area contributed by atoms with Gasteiger partial charge in [0, 0.05) is 30.9 Å². The van der Waals surface area contributed by atoms with Gasteiger partial charge in [0.15, 0.2) is 5.69 Å². The van der Waals surface area contributed by atoms with E-state index >= 15 is 0 Å². The Hall–Kier alpha value is -3.32. The summed E-state index contributed by atoms with van der Waals surface area (Å²) >= 11 is 0. The summed E-state index contributed by atoms with van der Waals surface area (Å²) in [7, 11) is 0. The maximum atomic E-state index is 13.4. The number of carbonyl (C=O) groups is 1. The number of hydrogen-bond acceptors (Lipinski definition) is 5. The summed E-state index contributed by atoms with van der Waals surface area (Å²) in [4.78, 5) is 12.3. The number of nitrogens with zero attached hydrogens (tertiary/aromatic N) is 2. The van der Waals surface area contributed by atoms with Crippen LogP contribution in [0.25, 0.3) is 0 Å². The Morgan fingerprint density at radius 1 is 0.967 bits per heavy atom. The Kier molecular flexibility index (Phi) is 5.99. The molecule has 0 radical (unpaired) electrons. The zero-order valence-electron chi connectivity index (χ0n) is 16.5. The molecule has 6 nitrogen and oxygen atoms in total. The van der Waals surface area contributed by atoms with Crippen LogP contribution in [-0.4, -0.2) is 35.9 Å². The first-order valence-corrected chi connectivity index (χ1v) is 9.92. The first-order valence-electron chi connectivity index (χ1n) is 9.92. The zero-order valence-corrected chi connectivity index (χ0v) is 16.5. The highest BCUT2D eigenvalue weighted by molar-refractivity contribution is 6.02. The predicted octanol–water partition coefficient (Wildman–Crippen LogP) is 4.03. The molecule has 0 atom stereocenters. The van der Waals surface area contributed by atoms with Gasteiger partial charge in [-0.3, -0.25) is 4.79 Å². The lowest BCUT2D eigenvalue weighted by Crippen LogP contribution is -2.40. The van der Waals surface area contributed by atoms with E-state index in [2.05, 4.69) is 20.8 Å². The number of rotatable bonds is 6. The van der Waals surface area contributed by atoms with E-state index in [4.69, 9.17) is 4.74 Å². The first kappa shape index (κ1) is 20.0. The molecule has 1 amide bonds. The van der Waals surface area contributed by atoms with Crippen molar-refractivity contribution in [1.29, 1.82) is 0 Å². The number of aromatic nitrogens is 2. The zero-order chi connectivity index (χ0) is 20.8. The predicted molar refractivity (Wildman–Crippen MR) is 113 cm³/mol. The van der Waals surface area contributed by atoms with Crippen LogP contribution in [-0.2, 0) is 10.2 Å². The third-order valence-electron chi connectivity index (χ3n) is 5.44. The van der Waals surface area contributed by atoms with Crippen molar-refractivity contribution in [3.63, 3.8) is 0 Å². The fourth-order valence-electron chi connectivity index (χ4n) is 3.66. The Morgan fingerprint density at radius 2 is 1.70 bits per heavy atom. The number of benzene rings is 2. The molecule has 0 spiro atoms. The number of hydrogen-bond donors (Lipinski definition) is 2. The number of ether oxygens (including phenoxy) is 1. The van der Waals surface area contributed by atoms with Crippen LogP contribution in [0.15, 0.2) is 66.7 Å². The minimum atomic E-state index is -0.313. The number of nitrogens with one attached hydrogen (secondary N) is 2. The van der Waals surface area contributed by atoms with E-state index in [-0.39, 0.29) is 22.8 Å². The molecule has 1 fully saturated rings. The lowest BCUT2D eigenvalue weighted by molar-refractivity contribution is 0.0543. The standard InChI is InChI=1S/C23H23FN4O2/c24-18-8-6-17(7-9-18)23(12-14-30-15-13-23)16-25-21-11-10-20(27-28-21)22(29)26-19-4-2-1-3-5-19/h1-11H,12-16H2,(H,25,28)(H,26,29). The summed E-state index contributed by atoms with van der Waals surface area (Å²) in [5.74, 6) is 0.0239. The van der Waals surface area contributed by atoms with Crippen molar-refractivity contribution >= 4 is 17.4 Å². The van der Waals surface area contributed by atoms with Crippen LogP contribution in [0.2, 0.25) is 0 Å². The van der Waals surface area contributed by atoms with Gasteiger partial charge in [-0.1, -0.05) is 30.3 Å². The monoisotopic (exact) mass is 406 g/mol. The molecule has 30 heavy (non-hydrogen) atoms. The number of anilines is 2. The molecule has 1 aliphatic heterocycles. The lowest BCUT2D eigenvalue weighted by Gasteiger charge is -2.38. The maximum absolute atomic E-state index is 13.4. The van der Waals surface area contributed by atoms with Crippen molar-refractivity contribution in [3.8, 4) is 0 Å². The van der Waals surface area contributed by atoms with Crippen LogP contribution < -0.4 is 10.6 Å². The molecule has 1 saturated heterocycles. The summed E-state index contributed by atoms with van der Waals surface area (Å²) in [5.41, 5.74) is 1.85. The molecule has 0 aliphatic carbocycles. The van der Waals surface area contributed by atoms with E-state index < -0.39 is 0 Å². The summed E-state index contributed by atoms with van der Waals surface area (Å²) in [6, 6.07) is 19.2. The molecule has 1 aromatic heterocycles. The molecule has 2 aromatic carbocycles. The number of carbonyl (C=O) groups excluding carboxylic acids is 1. The Morgan fingerprint density at radius 3 is 2.37 bits per heavy atom. The largest absolute Gasteiger partial charge is 0.381 e. The smallest absolute Gasteiger partial charge is 0.276 e. The third-order valence-corrected chi connectivity index (χ3v) is 5.44. The molecule has 1 aliphatic rings. The van der Waals surface area contributed by atoms with Gasteiger partial charge in [-0.25, -0.2) is 4.39 Å². The molecule has 0 saturated carbocycles. The molecule has 0 unspecified atom stereocenters. The van der Waals surface area contributed by atoms with Crippen molar-refractivity contribution in [2.24, 2.45) is 0 Å². The maximum Gasteiger partial charge on any atom is 0.276 e. The first-order chi connectivity index (χ1) is 14.6. The number of para-hydroxylation sites is 1. The minimum absolute atomic E-state index is 0.170. The lowest BCUT2D eigenvalue weighted by atomic mass is 9.74. The van der Waals surface area contributed by atoms with Crippen molar-refractivity contribution in [3.05, 3.63) is 83.8 Å². The molecular weight excluding hydrogens is 383 g/mol. The van der Waals surface area contributed by atoms with Crippen molar-refractivity contribution in [1.82, 2.24) is 10.2 Å². The molecule has 3 aromatic rings. The van der Waals surface area contributed by atoms with Crippen LogP contribution in [0.1, 0.15) is 28.9 Å². The van der Waals surface area contributed by atoms with E-state index in [1.54, 1.807) is 12.1 Å². The average Bonchev–Trinajstić information content (AvgIpc) is 2.80. The molecule has 2 N–H and O–H groups in total. The van der Waals surface area contributed by atoms with Gasteiger partial charge in [-0.15, -0.1) is 10.2 Å². The SMILES string of the molecule is O=C(Nc1ccccc1)c1ccc(NCC2(c3ccc(F)cc3)CCOCC2)nn1. The Bertz CT molecular complexity index is 972. The van der Waals surface area contributed by atoms with Gasteiger partial charge >= 0.3 is 0 Å². The number of amides is 1. The van der Waals surface area contributed by atoms with E-state index in [1.165, 1.54) is 12.1 Å². The van der Waals surface area contributed by atoms with Crippen LogP contribution in [0, 0.1) is 5.82 Å². The Labute approximate surface area is 174 Å². The van der Waals surface area contributed by atoms with Gasteiger partial charge in [0.1, 0.15) is 11.6 Å². The van der Waals surface area contributed by atoms with Crippen molar-refractivity contribution in [2.75, 3.05) is 30.4 Å². The van der Waals surface area contributed by atoms with Gasteiger partial charge in [-0.2, -0.15) is 0 Å². The fraction of sp³-hybridized carbons (Fsp3) is 0.261. The minimum Gasteiger partial charge on any atom is -0.381 e. The fourth-order valence-corrected chi connectivity index (χ4v) is 3.66. The van der Waals surface area contributed by atoms with Crippen molar-refractivity contribution < 1.29 is 13.9 Å². The molecule has 154 valence electrons. The van der Waals surface area contributed by atoms with Crippen molar-refractivity contribution in [2.45, 2.75) is 18.3 Å². The molecule has 2 heterocycles. The quantitative estimate of drug-likeness (QED) is 0.646. The molecule has 7 heteroatoms. The van der Waals surface area contributed by atoms with Gasteiger partial charge < -0.3 is 15.4 Å². The van der Waals surface area contributed by atoms with E-state index in [1.807, 2.05) is 42.5 Å². The summed E-state index contributed by atoms with van der Waals surface area (Å²) < 4.78 is 18.9. The highest BCUT2D eigenvalue weighted by Gasteiger charge is 2.34. The molecular formula is C23H23FN4O2.